The molecule has 1 amide bonds. The molecular formula is C25H27N5O2. The number of nitriles is 1. The van der Waals surface area contributed by atoms with Gasteiger partial charge in [0, 0.05) is 31.6 Å². The van der Waals surface area contributed by atoms with Crippen molar-refractivity contribution in [3.63, 3.8) is 0 Å². The van der Waals surface area contributed by atoms with Gasteiger partial charge in [0.05, 0.1) is 35.8 Å². The van der Waals surface area contributed by atoms with Crippen LogP contribution in [-0.4, -0.2) is 54.1 Å². The van der Waals surface area contributed by atoms with Gasteiger partial charge in [-0.3, -0.25) is 4.79 Å². The van der Waals surface area contributed by atoms with E-state index < -0.39 is 0 Å². The summed E-state index contributed by atoms with van der Waals surface area (Å²) in [6.07, 6.45) is 0.859. The van der Waals surface area contributed by atoms with Gasteiger partial charge in [0.1, 0.15) is 11.4 Å². The summed E-state index contributed by atoms with van der Waals surface area (Å²) in [5.74, 6) is 1.48. The average molecular weight is 430 g/mol. The summed E-state index contributed by atoms with van der Waals surface area (Å²) in [7, 11) is 3.49. The smallest absolute Gasteiger partial charge is 0.225 e. The summed E-state index contributed by atoms with van der Waals surface area (Å²) < 4.78 is 5.60. The fourth-order valence-electron chi connectivity index (χ4n) is 4.19. The van der Waals surface area contributed by atoms with Gasteiger partial charge in [0.25, 0.3) is 0 Å². The number of anilines is 1. The zero-order chi connectivity index (χ0) is 22.8. The van der Waals surface area contributed by atoms with E-state index in [-0.39, 0.29) is 17.9 Å². The number of carbonyl (C=O) groups is 1. The minimum atomic E-state index is -0.0388. The lowest BCUT2D eigenvalue weighted by atomic mass is 10.1. The quantitative estimate of drug-likeness (QED) is 0.612. The number of likely N-dealkylation sites (N-methyl/N-ethyl adjacent to an activating group) is 1. The standard InChI is InChI=1S/C25H27N5O2/c1-16(2)25(31)29(3)18-11-12-30(15-18)24-23(27-20-7-5-6-8-21(20)28-24)19-13-17(14-26)9-10-22(19)32-4/h5-10,13,16,18H,11-12,15H2,1-4H3/t18-/m0/s1. The molecule has 32 heavy (non-hydrogen) atoms. The molecule has 0 aliphatic carbocycles. The van der Waals surface area contributed by atoms with E-state index in [9.17, 15) is 10.1 Å². The van der Waals surface area contributed by atoms with E-state index in [1.54, 1.807) is 25.3 Å². The van der Waals surface area contributed by atoms with Crippen molar-refractivity contribution >= 4 is 22.8 Å². The lowest BCUT2D eigenvalue weighted by molar-refractivity contribution is -0.134. The molecule has 0 N–H and O–H groups in total. The van der Waals surface area contributed by atoms with Crippen LogP contribution in [-0.2, 0) is 4.79 Å². The van der Waals surface area contributed by atoms with Crippen LogP contribution in [0.1, 0.15) is 25.8 Å². The van der Waals surface area contributed by atoms with Crippen LogP contribution in [0.2, 0.25) is 0 Å². The Labute approximate surface area is 188 Å². The Kier molecular flexibility index (Phi) is 5.95. The second-order valence-corrected chi connectivity index (χ2v) is 8.40. The van der Waals surface area contributed by atoms with Crippen LogP contribution in [0, 0.1) is 17.2 Å². The van der Waals surface area contributed by atoms with Gasteiger partial charge in [0.15, 0.2) is 5.82 Å². The number of hydrogen-bond donors (Lipinski definition) is 0. The number of fused-ring (bicyclic) bond motifs is 1. The van der Waals surface area contributed by atoms with Crippen molar-refractivity contribution in [2.45, 2.75) is 26.3 Å². The maximum atomic E-state index is 12.5. The third kappa shape index (κ3) is 3.96. The first-order chi connectivity index (χ1) is 15.4. The number of ether oxygens (including phenoxy) is 1. The van der Waals surface area contributed by atoms with E-state index in [2.05, 4.69) is 11.0 Å². The number of rotatable bonds is 5. The van der Waals surface area contributed by atoms with Gasteiger partial charge in [-0.1, -0.05) is 26.0 Å². The molecule has 1 saturated heterocycles. The molecule has 3 aromatic rings. The highest BCUT2D eigenvalue weighted by Crippen LogP contribution is 2.37. The van der Waals surface area contributed by atoms with Crippen LogP contribution in [0.15, 0.2) is 42.5 Å². The summed E-state index contributed by atoms with van der Waals surface area (Å²) in [5.41, 5.74) is 3.52. The monoisotopic (exact) mass is 429 g/mol. The summed E-state index contributed by atoms with van der Waals surface area (Å²) >= 11 is 0. The number of methoxy groups -OCH3 is 1. The van der Waals surface area contributed by atoms with Gasteiger partial charge in [-0.2, -0.15) is 5.26 Å². The van der Waals surface area contributed by atoms with Crippen LogP contribution in [0.3, 0.4) is 0 Å². The van der Waals surface area contributed by atoms with Gasteiger partial charge in [-0.05, 0) is 36.8 Å². The highest BCUT2D eigenvalue weighted by Gasteiger charge is 2.32. The Balaban J connectivity index is 1.80. The lowest BCUT2D eigenvalue weighted by Gasteiger charge is -2.27. The van der Waals surface area contributed by atoms with Crippen LogP contribution in [0.5, 0.6) is 5.75 Å². The normalized spacial score (nSPS) is 15.8. The molecule has 7 nitrogen and oxygen atoms in total. The summed E-state index contributed by atoms with van der Waals surface area (Å²) in [6.45, 7) is 5.29. The number of hydrogen-bond acceptors (Lipinski definition) is 6. The minimum Gasteiger partial charge on any atom is -0.496 e. The summed E-state index contributed by atoms with van der Waals surface area (Å²) in [6, 6.07) is 15.4. The third-order valence-corrected chi connectivity index (χ3v) is 5.99. The number of aromatic nitrogens is 2. The molecule has 2 aromatic carbocycles. The van der Waals surface area contributed by atoms with Crippen molar-refractivity contribution in [1.82, 2.24) is 14.9 Å². The fourth-order valence-corrected chi connectivity index (χ4v) is 4.19. The fraction of sp³-hybridized carbons (Fsp3) is 0.360. The predicted octanol–water partition coefficient (Wildman–Crippen LogP) is 3.87. The Morgan fingerprint density at radius 1 is 1.22 bits per heavy atom. The molecule has 1 aliphatic rings. The van der Waals surface area contributed by atoms with Crippen molar-refractivity contribution in [2.75, 3.05) is 32.1 Å². The van der Waals surface area contributed by atoms with Gasteiger partial charge >= 0.3 is 0 Å². The van der Waals surface area contributed by atoms with E-state index in [1.165, 1.54) is 0 Å². The topological polar surface area (TPSA) is 82.3 Å². The highest BCUT2D eigenvalue weighted by atomic mass is 16.5. The second-order valence-electron chi connectivity index (χ2n) is 8.40. The van der Waals surface area contributed by atoms with Gasteiger partial charge in [-0.25, -0.2) is 9.97 Å². The molecule has 0 spiro atoms. The summed E-state index contributed by atoms with van der Waals surface area (Å²) in [4.78, 5) is 26.5. The molecule has 0 saturated carbocycles. The van der Waals surface area contributed by atoms with Crippen molar-refractivity contribution in [3.05, 3.63) is 48.0 Å². The van der Waals surface area contributed by atoms with E-state index in [4.69, 9.17) is 14.7 Å². The van der Waals surface area contributed by atoms with Crippen molar-refractivity contribution in [3.8, 4) is 23.1 Å². The average Bonchev–Trinajstić information content (AvgIpc) is 3.31. The molecule has 2 heterocycles. The molecule has 1 atom stereocenters. The Hall–Kier alpha value is -3.66. The van der Waals surface area contributed by atoms with Gasteiger partial charge < -0.3 is 14.5 Å². The largest absolute Gasteiger partial charge is 0.496 e. The molecule has 1 aliphatic heterocycles. The molecule has 0 radical (unpaired) electrons. The lowest BCUT2D eigenvalue weighted by Crippen LogP contribution is -2.41. The minimum absolute atomic E-state index is 0.0388. The molecule has 7 heteroatoms. The number of amides is 1. The predicted molar refractivity (Wildman–Crippen MR) is 124 cm³/mol. The zero-order valence-corrected chi connectivity index (χ0v) is 18.9. The molecular weight excluding hydrogens is 402 g/mol. The van der Waals surface area contributed by atoms with E-state index in [0.29, 0.717) is 23.6 Å². The van der Waals surface area contributed by atoms with Crippen LogP contribution in [0.25, 0.3) is 22.3 Å². The third-order valence-electron chi connectivity index (χ3n) is 5.99. The maximum Gasteiger partial charge on any atom is 0.225 e. The summed E-state index contributed by atoms with van der Waals surface area (Å²) in [5, 5.41) is 9.44. The molecule has 164 valence electrons. The van der Waals surface area contributed by atoms with Crippen molar-refractivity contribution in [1.29, 1.82) is 5.26 Å². The highest BCUT2D eigenvalue weighted by molar-refractivity contribution is 5.86. The zero-order valence-electron chi connectivity index (χ0n) is 18.9. The Bertz CT molecular complexity index is 1200. The van der Waals surface area contributed by atoms with E-state index >= 15 is 0 Å². The Morgan fingerprint density at radius 2 is 1.94 bits per heavy atom. The van der Waals surface area contributed by atoms with Crippen LogP contribution >= 0.6 is 0 Å². The maximum absolute atomic E-state index is 12.5. The number of carbonyl (C=O) groups excluding carboxylic acids is 1. The van der Waals surface area contributed by atoms with Crippen molar-refractivity contribution in [2.24, 2.45) is 5.92 Å². The number of nitrogens with zero attached hydrogens (tertiary/aromatic N) is 5. The van der Waals surface area contributed by atoms with Crippen LogP contribution < -0.4 is 9.64 Å². The number of benzene rings is 2. The first kappa shape index (κ1) is 21.6. The molecule has 0 bridgehead atoms. The Morgan fingerprint density at radius 3 is 2.59 bits per heavy atom. The molecule has 4 rings (SSSR count). The molecule has 1 fully saturated rings. The van der Waals surface area contributed by atoms with Gasteiger partial charge in [0.2, 0.25) is 5.91 Å². The van der Waals surface area contributed by atoms with E-state index in [0.717, 1.165) is 35.4 Å². The number of para-hydroxylation sites is 2. The molecule has 0 unspecified atom stereocenters. The van der Waals surface area contributed by atoms with E-state index in [1.807, 2.05) is 50.1 Å². The van der Waals surface area contributed by atoms with Gasteiger partial charge in [-0.15, -0.1) is 0 Å². The second kappa shape index (κ2) is 8.83. The first-order valence-corrected chi connectivity index (χ1v) is 10.8. The molecule has 1 aromatic heterocycles. The first-order valence-electron chi connectivity index (χ1n) is 10.8. The SMILES string of the molecule is COc1ccc(C#N)cc1-c1nc2ccccc2nc1N1CC[C@H](N(C)C(=O)C(C)C)C1. The van der Waals surface area contributed by atoms with Crippen LogP contribution in [0.4, 0.5) is 5.82 Å². The van der Waals surface area contributed by atoms with Crippen molar-refractivity contribution < 1.29 is 9.53 Å².